The normalized spacial score (nSPS) is 14.0. The molecule has 16 heteroatoms. The molecule has 4 amide bonds. The van der Waals surface area contributed by atoms with Crippen LogP contribution >= 0.6 is 0 Å². The van der Waals surface area contributed by atoms with Crippen molar-refractivity contribution < 1.29 is 48.9 Å². The number of unbranched alkanes of at least 4 members (excludes halogenated alkanes) is 1. The summed E-state index contributed by atoms with van der Waals surface area (Å²) in [5.74, 6) is -8.66. The van der Waals surface area contributed by atoms with Gasteiger partial charge in [0.25, 0.3) is 0 Å². The Balaban J connectivity index is 5.53. The molecule has 0 rings (SSSR count). The number of amides is 4. The second-order valence-corrected chi connectivity index (χ2v) is 7.61. The monoisotopic (exact) mass is 504 g/mol. The highest BCUT2D eigenvalue weighted by molar-refractivity contribution is 5.96. The van der Waals surface area contributed by atoms with Gasteiger partial charge in [0.2, 0.25) is 23.6 Å². The summed E-state index contributed by atoms with van der Waals surface area (Å²) < 4.78 is 0. The first-order chi connectivity index (χ1) is 16.3. The summed E-state index contributed by atoms with van der Waals surface area (Å²) in [6.07, 6.45) is -1.40. The summed E-state index contributed by atoms with van der Waals surface area (Å²) in [5.41, 5.74) is 16.1. The molecule has 0 fully saturated rings. The van der Waals surface area contributed by atoms with Crippen molar-refractivity contribution >= 4 is 41.5 Å². The van der Waals surface area contributed by atoms with Crippen LogP contribution in [-0.2, 0) is 33.6 Å². The van der Waals surface area contributed by atoms with Crippen molar-refractivity contribution in [3.05, 3.63) is 0 Å². The van der Waals surface area contributed by atoms with Crippen LogP contribution in [-0.4, -0.2) is 87.6 Å². The van der Waals surface area contributed by atoms with Crippen molar-refractivity contribution in [2.75, 3.05) is 6.54 Å². The number of nitrogens with two attached hydrogens (primary N) is 3. The standard InChI is InChI=1S/C19H32N6O10/c20-6-2-1-3-9(21)16(31)23-10(4-5-14(27)28)17(32)24-11(8-15(29)30)18(33)25-12(19(34)35)7-13(22)26/h9-12H,1-8,20-21H2,(H2,22,26)(H,23,31)(H,24,32)(H,25,33)(H,27,28)(H,29,30)(H,34,35). The third kappa shape index (κ3) is 13.5. The summed E-state index contributed by atoms with van der Waals surface area (Å²) >= 11 is 0. The van der Waals surface area contributed by atoms with Gasteiger partial charge in [-0.25, -0.2) is 4.79 Å². The molecule has 4 atom stereocenters. The first kappa shape index (κ1) is 31.2. The van der Waals surface area contributed by atoms with Gasteiger partial charge in [-0.3, -0.25) is 28.8 Å². The minimum absolute atomic E-state index is 0.233. The van der Waals surface area contributed by atoms with Crippen LogP contribution in [0.1, 0.15) is 44.9 Å². The van der Waals surface area contributed by atoms with Gasteiger partial charge in [-0.05, 0) is 25.8 Å². The number of aliphatic carboxylic acids is 3. The average Bonchev–Trinajstić information content (AvgIpc) is 2.74. The van der Waals surface area contributed by atoms with Crippen LogP contribution < -0.4 is 33.2 Å². The van der Waals surface area contributed by atoms with Crippen molar-refractivity contribution in [2.45, 2.75) is 69.1 Å². The molecule has 0 aromatic heterocycles. The number of nitrogens with one attached hydrogen (secondary N) is 3. The lowest BCUT2D eigenvalue weighted by molar-refractivity contribution is -0.144. The van der Waals surface area contributed by atoms with Crippen LogP contribution in [0.5, 0.6) is 0 Å². The largest absolute Gasteiger partial charge is 0.481 e. The average molecular weight is 504 g/mol. The molecule has 0 radical (unpaired) electrons. The first-order valence-electron chi connectivity index (χ1n) is 10.6. The zero-order valence-electron chi connectivity index (χ0n) is 18.9. The Morgan fingerprint density at radius 1 is 0.686 bits per heavy atom. The van der Waals surface area contributed by atoms with E-state index in [9.17, 15) is 33.6 Å². The fourth-order valence-corrected chi connectivity index (χ4v) is 2.78. The minimum Gasteiger partial charge on any atom is -0.481 e. The molecule has 0 bridgehead atoms. The molecule has 0 aromatic rings. The van der Waals surface area contributed by atoms with E-state index in [1.165, 1.54) is 0 Å². The van der Waals surface area contributed by atoms with Gasteiger partial charge in [0.1, 0.15) is 18.1 Å². The number of carbonyl (C=O) groups excluding carboxylic acids is 4. The van der Waals surface area contributed by atoms with Gasteiger partial charge < -0.3 is 48.5 Å². The number of carboxylic acids is 3. The number of rotatable bonds is 18. The zero-order valence-corrected chi connectivity index (χ0v) is 18.9. The molecule has 0 aliphatic heterocycles. The molecule has 0 spiro atoms. The van der Waals surface area contributed by atoms with Gasteiger partial charge in [0, 0.05) is 6.42 Å². The second-order valence-electron chi connectivity index (χ2n) is 7.61. The van der Waals surface area contributed by atoms with E-state index >= 15 is 0 Å². The number of primary amides is 1. The van der Waals surface area contributed by atoms with Crippen molar-refractivity contribution in [3.8, 4) is 0 Å². The molecule has 0 heterocycles. The molecular formula is C19H32N6O10. The van der Waals surface area contributed by atoms with E-state index in [4.69, 9.17) is 32.5 Å². The summed E-state index contributed by atoms with van der Waals surface area (Å²) in [6.45, 7) is 0.382. The Hall–Kier alpha value is -3.79. The third-order valence-corrected chi connectivity index (χ3v) is 4.62. The van der Waals surface area contributed by atoms with Gasteiger partial charge in [0.05, 0.1) is 18.9 Å². The Kier molecular flexibility index (Phi) is 14.2. The fraction of sp³-hybridized carbons (Fsp3) is 0.632. The maximum Gasteiger partial charge on any atom is 0.326 e. The molecule has 198 valence electrons. The Bertz CT molecular complexity index is 805. The zero-order chi connectivity index (χ0) is 27.1. The lowest BCUT2D eigenvalue weighted by Crippen LogP contribution is -2.57. The van der Waals surface area contributed by atoms with Crippen LogP contribution in [0.4, 0.5) is 0 Å². The number of hydrogen-bond acceptors (Lipinski definition) is 9. The van der Waals surface area contributed by atoms with E-state index in [1.807, 2.05) is 5.32 Å². The topological polar surface area (TPSA) is 294 Å². The molecule has 0 aliphatic rings. The maximum atomic E-state index is 12.7. The maximum absolute atomic E-state index is 12.7. The lowest BCUT2D eigenvalue weighted by atomic mass is 10.1. The fourth-order valence-electron chi connectivity index (χ4n) is 2.78. The molecule has 0 aliphatic carbocycles. The summed E-state index contributed by atoms with van der Waals surface area (Å²) in [6, 6.07) is -6.14. The predicted octanol–water partition coefficient (Wildman–Crippen LogP) is -3.80. The predicted molar refractivity (Wildman–Crippen MR) is 117 cm³/mol. The quantitative estimate of drug-likeness (QED) is 0.0812. The summed E-state index contributed by atoms with van der Waals surface area (Å²) in [4.78, 5) is 81.9. The molecule has 0 aromatic carbocycles. The Morgan fingerprint density at radius 2 is 1.23 bits per heavy atom. The summed E-state index contributed by atoms with van der Waals surface area (Å²) in [7, 11) is 0. The molecule has 0 saturated carbocycles. The number of hydrogen-bond donors (Lipinski definition) is 9. The molecular weight excluding hydrogens is 472 g/mol. The molecule has 12 N–H and O–H groups in total. The van der Waals surface area contributed by atoms with Crippen molar-refractivity contribution in [3.63, 3.8) is 0 Å². The molecule has 35 heavy (non-hydrogen) atoms. The molecule has 0 saturated heterocycles. The van der Waals surface area contributed by atoms with Gasteiger partial charge in [-0.2, -0.15) is 0 Å². The molecule has 16 nitrogen and oxygen atoms in total. The Labute approximate surface area is 199 Å². The Morgan fingerprint density at radius 3 is 1.71 bits per heavy atom. The SMILES string of the molecule is NCCCCC(N)C(=O)NC(CCC(=O)O)C(=O)NC(CC(=O)O)C(=O)NC(CC(N)=O)C(=O)O. The van der Waals surface area contributed by atoms with Crippen LogP contribution in [0.25, 0.3) is 0 Å². The smallest absolute Gasteiger partial charge is 0.326 e. The minimum atomic E-state index is -1.82. The summed E-state index contributed by atoms with van der Waals surface area (Å²) in [5, 5.41) is 33.4. The van der Waals surface area contributed by atoms with Gasteiger partial charge in [-0.1, -0.05) is 6.42 Å². The highest BCUT2D eigenvalue weighted by atomic mass is 16.4. The van der Waals surface area contributed by atoms with E-state index in [-0.39, 0.29) is 6.42 Å². The second kappa shape index (κ2) is 15.9. The van der Waals surface area contributed by atoms with Crippen molar-refractivity contribution in [1.29, 1.82) is 0 Å². The van der Waals surface area contributed by atoms with Crippen molar-refractivity contribution in [2.24, 2.45) is 17.2 Å². The van der Waals surface area contributed by atoms with Crippen LogP contribution in [0, 0.1) is 0 Å². The highest BCUT2D eigenvalue weighted by Gasteiger charge is 2.32. The highest BCUT2D eigenvalue weighted by Crippen LogP contribution is 2.05. The third-order valence-electron chi connectivity index (χ3n) is 4.62. The van der Waals surface area contributed by atoms with Crippen LogP contribution in [0.15, 0.2) is 0 Å². The van der Waals surface area contributed by atoms with E-state index in [1.54, 1.807) is 0 Å². The van der Waals surface area contributed by atoms with Crippen LogP contribution in [0.2, 0.25) is 0 Å². The van der Waals surface area contributed by atoms with E-state index in [0.29, 0.717) is 19.4 Å². The van der Waals surface area contributed by atoms with E-state index in [0.717, 1.165) is 0 Å². The van der Waals surface area contributed by atoms with Crippen LogP contribution in [0.3, 0.4) is 0 Å². The van der Waals surface area contributed by atoms with Crippen molar-refractivity contribution in [1.82, 2.24) is 16.0 Å². The molecule has 4 unspecified atom stereocenters. The van der Waals surface area contributed by atoms with E-state index < -0.39 is 91.4 Å². The lowest BCUT2D eigenvalue weighted by Gasteiger charge is -2.24. The number of carbonyl (C=O) groups is 7. The van der Waals surface area contributed by atoms with Gasteiger partial charge in [-0.15, -0.1) is 0 Å². The number of carboxylic acid groups (broad SMARTS) is 3. The van der Waals surface area contributed by atoms with Gasteiger partial charge in [0.15, 0.2) is 0 Å². The van der Waals surface area contributed by atoms with Gasteiger partial charge >= 0.3 is 17.9 Å². The van der Waals surface area contributed by atoms with E-state index in [2.05, 4.69) is 10.6 Å². The first-order valence-corrected chi connectivity index (χ1v) is 10.6.